The Hall–Kier alpha value is -4.30. The van der Waals surface area contributed by atoms with Gasteiger partial charge in [0.2, 0.25) is 5.91 Å². The zero-order valence-corrected chi connectivity index (χ0v) is 22.5. The van der Waals surface area contributed by atoms with Crippen molar-refractivity contribution in [3.8, 4) is 5.95 Å². The number of fused-ring (bicyclic) bond motifs is 1. The van der Waals surface area contributed by atoms with Gasteiger partial charge in [0.05, 0.1) is 37.3 Å². The zero-order valence-electron chi connectivity index (χ0n) is 22.5. The standard InChI is InChI=1S/C25H25F4N9O6/c26-12-4-10(3-11(5-12)25(27,28)29)16(20(30)42)14-6-38(36-35-14)24-33-21(32-13-1-2-43-8-13)17-22(34-24)37(9-31-17)23-19(41)18(40)15(7-39)44-23/h3-6,9,13,15-16,18-19,23,39-41H,1-2,7-8H2,(H2,30,42)(H,32,33,34)/t13-,15-,16?,18+,19-,23-/m1/s1. The number of carbonyl (C=O) groups excluding carboxylic acids is 1. The maximum Gasteiger partial charge on any atom is 0.416 e. The van der Waals surface area contributed by atoms with Gasteiger partial charge in [-0.2, -0.15) is 27.8 Å². The number of nitrogens with zero attached hydrogens (tertiary/aromatic N) is 7. The van der Waals surface area contributed by atoms with Crippen molar-refractivity contribution in [2.45, 2.75) is 49.1 Å². The Morgan fingerprint density at radius 3 is 2.66 bits per heavy atom. The van der Waals surface area contributed by atoms with Gasteiger partial charge in [0.1, 0.15) is 35.7 Å². The second kappa shape index (κ2) is 11.3. The van der Waals surface area contributed by atoms with Crippen LogP contribution in [0.1, 0.15) is 35.4 Å². The molecule has 0 radical (unpaired) electrons. The molecule has 44 heavy (non-hydrogen) atoms. The van der Waals surface area contributed by atoms with Gasteiger partial charge in [0.15, 0.2) is 23.2 Å². The normalized spacial score (nSPS) is 24.7. The molecule has 1 amide bonds. The Kier molecular flexibility index (Phi) is 7.66. The van der Waals surface area contributed by atoms with Crippen molar-refractivity contribution in [2.75, 3.05) is 25.1 Å². The highest BCUT2D eigenvalue weighted by Gasteiger charge is 2.44. The van der Waals surface area contributed by atoms with E-state index in [1.807, 2.05) is 0 Å². The highest BCUT2D eigenvalue weighted by molar-refractivity contribution is 5.85. The number of ether oxygens (including phenoxy) is 2. The number of halogens is 4. The number of aliphatic hydroxyl groups excluding tert-OH is 3. The van der Waals surface area contributed by atoms with Crippen molar-refractivity contribution in [1.29, 1.82) is 0 Å². The van der Waals surface area contributed by atoms with Gasteiger partial charge in [0.25, 0.3) is 5.95 Å². The minimum atomic E-state index is -4.89. The van der Waals surface area contributed by atoms with Crippen LogP contribution in [0.4, 0.5) is 23.4 Å². The summed E-state index contributed by atoms with van der Waals surface area (Å²) >= 11 is 0. The molecule has 0 saturated carbocycles. The molecule has 19 heteroatoms. The van der Waals surface area contributed by atoms with Crippen molar-refractivity contribution < 1.29 is 47.1 Å². The Morgan fingerprint density at radius 1 is 1.20 bits per heavy atom. The van der Waals surface area contributed by atoms with Crippen LogP contribution >= 0.6 is 0 Å². The monoisotopic (exact) mass is 623 g/mol. The van der Waals surface area contributed by atoms with Crippen molar-refractivity contribution in [1.82, 2.24) is 34.5 Å². The number of carbonyl (C=O) groups is 1. The van der Waals surface area contributed by atoms with Gasteiger partial charge in [-0.3, -0.25) is 9.36 Å². The molecule has 6 rings (SSSR count). The summed E-state index contributed by atoms with van der Waals surface area (Å²) < 4.78 is 67.6. The molecule has 15 nitrogen and oxygen atoms in total. The Labute approximate surface area is 244 Å². The number of hydrogen-bond donors (Lipinski definition) is 5. The average molecular weight is 624 g/mol. The van der Waals surface area contributed by atoms with Crippen LogP contribution in [0.2, 0.25) is 0 Å². The lowest BCUT2D eigenvalue weighted by Crippen LogP contribution is -2.33. The summed E-state index contributed by atoms with van der Waals surface area (Å²) in [7, 11) is 0. The topological polar surface area (TPSA) is 209 Å². The third kappa shape index (κ3) is 5.43. The fourth-order valence-corrected chi connectivity index (χ4v) is 5.18. The summed E-state index contributed by atoms with van der Waals surface area (Å²) in [4.78, 5) is 25.7. The first-order valence-corrected chi connectivity index (χ1v) is 13.3. The molecule has 0 aliphatic carbocycles. The van der Waals surface area contributed by atoms with Crippen LogP contribution in [0.15, 0.2) is 30.7 Å². The minimum Gasteiger partial charge on any atom is -0.394 e. The Morgan fingerprint density at radius 2 is 2.00 bits per heavy atom. The molecule has 2 aliphatic heterocycles. The molecule has 0 spiro atoms. The lowest BCUT2D eigenvalue weighted by Gasteiger charge is -2.17. The van der Waals surface area contributed by atoms with Crippen molar-refractivity contribution >= 4 is 22.9 Å². The largest absolute Gasteiger partial charge is 0.416 e. The molecular weight excluding hydrogens is 598 g/mol. The number of amides is 1. The highest BCUT2D eigenvalue weighted by atomic mass is 19.4. The van der Waals surface area contributed by atoms with Gasteiger partial charge >= 0.3 is 6.18 Å². The summed E-state index contributed by atoms with van der Waals surface area (Å²) in [6, 6.07) is 1.49. The highest BCUT2D eigenvalue weighted by Crippen LogP contribution is 2.35. The van der Waals surface area contributed by atoms with Gasteiger partial charge in [-0.1, -0.05) is 5.21 Å². The molecule has 2 aliphatic rings. The van der Waals surface area contributed by atoms with Gasteiger partial charge < -0.3 is 35.8 Å². The van der Waals surface area contributed by atoms with E-state index in [4.69, 9.17) is 15.2 Å². The first-order chi connectivity index (χ1) is 20.9. The van der Waals surface area contributed by atoms with Crippen LogP contribution < -0.4 is 11.1 Å². The van der Waals surface area contributed by atoms with Gasteiger partial charge in [0, 0.05) is 6.61 Å². The summed E-state index contributed by atoms with van der Waals surface area (Å²) in [5.74, 6) is -3.88. The molecule has 1 unspecified atom stereocenters. The van der Waals surface area contributed by atoms with Crippen LogP contribution in [0.25, 0.3) is 17.1 Å². The first-order valence-electron chi connectivity index (χ1n) is 13.3. The summed E-state index contributed by atoms with van der Waals surface area (Å²) in [5, 5.41) is 41.4. The fourth-order valence-electron chi connectivity index (χ4n) is 5.18. The first kappa shape index (κ1) is 29.8. The minimum absolute atomic E-state index is 0.106. The molecule has 5 heterocycles. The van der Waals surface area contributed by atoms with E-state index in [0.29, 0.717) is 31.8 Å². The predicted octanol–water partition coefficient (Wildman–Crippen LogP) is -0.00560. The summed E-state index contributed by atoms with van der Waals surface area (Å²) in [6.45, 7) is 0.319. The molecular formula is C25H25F4N9O6. The van der Waals surface area contributed by atoms with Crippen LogP contribution in [-0.2, 0) is 20.4 Å². The van der Waals surface area contributed by atoms with Gasteiger partial charge in [-0.05, 0) is 30.2 Å². The number of nitrogens with one attached hydrogen (secondary N) is 1. The van der Waals surface area contributed by atoms with E-state index in [0.717, 1.165) is 16.9 Å². The number of anilines is 1. The molecule has 6 N–H and O–H groups in total. The smallest absolute Gasteiger partial charge is 0.394 e. The second-order valence-corrected chi connectivity index (χ2v) is 10.3. The average Bonchev–Trinajstić information content (AvgIpc) is 3.77. The maximum atomic E-state index is 14.2. The number of imidazole rings is 1. The van der Waals surface area contributed by atoms with Crippen LogP contribution in [0, 0.1) is 5.82 Å². The number of aromatic nitrogens is 7. The van der Waals surface area contributed by atoms with E-state index < -0.39 is 60.5 Å². The zero-order chi connectivity index (χ0) is 31.3. The van der Waals surface area contributed by atoms with Gasteiger partial charge in [-0.15, -0.1) is 5.10 Å². The van der Waals surface area contributed by atoms with Crippen LogP contribution in [0.5, 0.6) is 0 Å². The number of nitrogens with two attached hydrogens (primary N) is 1. The number of rotatable bonds is 8. The van der Waals surface area contributed by atoms with Crippen LogP contribution in [-0.4, -0.2) is 99.9 Å². The predicted molar refractivity (Wildman–Crippen MR) is 139 cm³/mol. The summed E-state index contributed by atoms with van der Waals surface area (Å²) in [6.07, 6.45) is -6.91. The van der Waals surface area contributed by atoms with E-state index in [2.05, 4.69) is 30.6 Å². The molecule has 0 bridgehead atoms. The number of benzene rings is 1. The Balaban J connectivity index is 1.43. The third-order valence-corrected chi connectivity index (χ3v) is 7.35. The number of aliphatic hydroxyl groups is 3. The number of alkyl halides is 3. The molecule has 4 aromatic rings. The van der Waals surface area contributed by atoms with E-state index >= 15 is 0 Å². The quantitative estimate of drug-likeness (QED) is 0.164. The molecule has 1 aromatic carbocycles. The lowest BCUT2D eigenvalue weighted by molar-refractivity contribution is -0.138. The van der Waals surface area contributed by atoms with E-state index in [1.54, 1.807) is 0 Å². The fraction of sp³-hybridized carbons (Fsp3) is 0.440. The maximum absolute atomic E-state index is 14.2. The summed E-state index contributed by atoms with van der Waals surface area (Å²) in [5.41, 5.74) is 3.94. The van der Waals surface area contributed by atoms with Crippen molar-refractivity contribution in [3.05, 3.63) is 53.4 Å². The second-order valence-electron chi connectivity index (χ2n) is 10.3. The third-order valence-electron chi connectivity index (χ3n) is 7.35. The van der Waals surface area contributed by atoms with Crippen molar-refractivity contribution in [2.24, 2.45) is 5.73 Å². The molecule has 2 saturated heterocycles. The molecule has 2 fully saturated rings. The lowest BCUT2D eigenvalue weighted by atomic mass is 9.93. The number of hydrogen-bond acceptors (Lipinski definition) is 12. The van der Waals surface area contributed by atoms with E-state index in [1.165, 1.54) is 10.9 Å². The Bertz CT molecular complexity index is 1690. The van der Waals surface area contributed by atoms with Crippen molar-refractivity contribution in [3.63, 3.8) is 0 Å². The molecule has 234 valence electrons. The van der Waals surface area contributed by atoms with Crippen LogP contribution in [0.3, 0.4) is 0 Å². The SMILES string of the molecule is NC(=O)C(c1cc(F)cc(C(F)(F)F)c1)c1cn(-c2nc(N[C@@H]3CCOC3)c3ncn([C@@H]4O[C@H](CO)[C@H](O)[C@H]4O)c3n2)nn1. The number of primary amides is 1. The molecule has 6 atom stereocenters. The van der Waals surface area contributed by atoms with E-state index in [9.17, 15) is 37.7 Å². The molecule has 3 aromatic heterocycles. The van der Waals surface area contributed by atoms with E-state index in [-0.39, 0.29) is 40.2 Å². The van der Waals surface area contributed by atoms with Gasteiger partial charge in [-0.25, -0.2) is 9.37 Å².